The predicted octanol–water partition coefficient (Wildman–Crippen LogP) is 3.73. The van der Waals surface area contributed by atoms with Crippen LogP contribution in [0.1, 0.15) is 31.1 Å². The van der Waals surface area contributed by atoms with E-state index in [9.17, 15) is 27.2 Å². The summed E-state index contributed by atoms with van der Waals surface area (Å²) in [5.74, 6) is -3.47. The van der Waals surface area contributed by atoms with Gasteiger partial charge < -0.3 is 20.1 Å². The van der Waals surface area contributed by atoms with Crippen LogP contribution in [-0.4, -0.2) is 47.4 Å². The monoisotopic (exact) mass is 366 g/mol. The minimum atomic E-state index is -4.74. The van der Waals surface area contributed by atoms with E-state index < -0.39 is 47.1 Å². The van der Waals surface area contributed by atoms with E-state index in [1.807, 2.05) is 0 Å². The number of carboxylic acids is 1. The lowest BCUT2D eigenvalue weighted by molar-refractivity contribution is -0.189. The molecule has 0 saturated heterocycles. The van der Waals surface area contributed by atoms with Crippen molar-refractivity contribution >= 4 is 17.7 Å². The van der Waals surface area contributed by atoms with Crippen molar-refractivity contribution in [3.8, 4) is 5.75 Å². The highest BCUT2D eigenvalue weighted by atomic mass is 19.4. The highest BCUT2D eigenvalue weighted by Crippen LogP contribution is 2.31. The second kappa shape index (κ2) is 8.04. The number of amides is 2. The van der Waals surface area contributed by atoms with E-state index in [0.29, 0.717) is 26.1 Å². The van der Waals surface area contributed by atoms with Crippen LogP contribution in [0.15, 0.2) is 12.1 Å². The first-order chi connectivity index (χ1) is 11.5. The number of carbonyl (C=O) groups excluding carboxylic acids is 1. The van der Waals surface area contributed by atoms with Crippen LogP contribution in [0.4, 0.5) is 28.0 Å². The molecule has 1 aromatic rings. The molecule has 0 saturated carbocycles. The number of hydrogen-bond acceptors (Lipinski definition) is 3. The Morgan fingerprint density at radius 1 is 1.28 bits per heavy atom. The van der Waals surface area contributed by atoms with Crippen LogP contribution in [0.3, 0.4) is 0 Å². The molecule has 6 nitrogen and oxygen atoms in total. The smallest absolute Gasteiger partial charge is 0.425 e. The van der Waals surface area contributed by atoms with Crippen LogP contribution >= 0.6 is 0 Å². The Bertz CT molecular complexity index is 645. The van der Waals surface area contributed by atoms with Crippen molar-refractivity contribution in [1.29, 1.82) is 0 Å². The Morgan fingerprint density at radius 2 is 1.84 bits per heavy atom. The third kappa shape index (κ3) is 5.23. The second-order valence-corrected chi connectivity index (χ2v) is 5.04. The van der Waals surface area contributed by atoms with Crippen molar-refractivity contribution in [3.05, 3.63) is 23.5 Å². The molecule has 0 unspecified atom stereocenters. The Labute approximate surface area is 141 Å². The molecule has 0 spiro atoms. The third-order valence-electron chi connectivity index (χ3n) is 3.36. The molecule has 1 aromatic carbocycles. The lowest BCUT2D eigenvalue weighted by Crippen LogP contribution is -2.35. The van der Waals surface area contributed by atoms with Gasteiger partial charge in [-0.2, -0.15) is 13.2 Å². The maximum Gasteiger partial charge on any atom is 0.425 e. The highest BCUT2D eigenvalue weighted by molar-refractivity contribution is 5.94. The molecule has 0 aliphatic carbocycles. The van der Waals surface area contributed by atoms with Gasteiger partial charge in [-0.3, -0.25) is 0 Å². The molecule has 25 heavy (non-hydrogen) atoms. The van der Waals surface area contributed by atoms with Crippen LogP contribution in [-0.2, 0) is 0 Å². The normalized spacial score (nSPS) is 12.4. The number of urea groups is 1. The minimum absolute atomic E-state index is 0.325. The summed E-state index contributed by atoms with van der Waals surface area (Å²) in [5.41, 5.74) is -1.26. The van der Waals surface area contributed by atoms with E-state index in [4.69, 9.17) is 5.11 Å². The molecule has 10 heteroatoms. The summed E-state index contributed by atoms with van der Waals surface area (Å²) in [6.45, 7) is 4.71. The fourth-order valence-electron chi connectivity index (χ4n) is 1.88. The van der Waals surface area contributed by atoms with E-state index >= 15 is 0 Å². The van der Waals surface area contributed by atoms with E-state index in [2.05, 4.69) is 10.1 Å². The van der Waals surface area contributed by atoms with Gasteiger partial charge in [-0.1, -0.05) is 0 Å². The maximum atomic E-state index is 14.0. The molecule has 1 atom stereocenters. The third-order valence-corrected chi connectivity index (χ3v) is 3.36. The lowest BCUT2D eigenvalue weighted by Gasteiger charge is -2.21. The maximum absolute atomic E-state index is 14.0. The number of carboxylic acid groups (broad SMARTS) is 1. The molecule has 0 bridgehead atoms. The summed E-state index contributed by atoms with van der Waals surface area (Å²) in [6, 6.07) is 0.544. The van der Waals surface area contributed by atoms with Crippen LogP contribution < -0.4 is 10.1 Å². The van der Waals surface area contributed by atoms with Crippen molar-refractivity contribution in [1.82, 2.24) is 4.90 Å². The van der Waals surface area contributed by atoms with Crippen LogP contribution in [0.25, 0.3) is 0 Å². The Balaban J connectivity index is 3.22. The van der Waals surface area contributed by atoms with Crippen molar-refractivity contribution in [2.24, 2.45) is 0 Å². The number of ether oxygens (including phenoxy) is 1. The quantitative estimate of drug-likeness (QED) is 0.752. The van der Waals surface area contributed by atoms with Gasteiger partial charge in [-0.25, -0.2) is 14.0 Å². The standard InChI is InChI=1S/C15H18F4N2O4/c1-4-21(5-2)14(24)20-11-7-12(25-8(3)15(17,18)19)9(13(22)23)6-10(11)16/h6-8H,4-5H2,1-3H3,(H,20,24)(H,22,23)/t8-/m0/s1. The van der Waals surface area contributed by atoms with Crippen molar-refractivity contribution in [2.45, 2.75) is 33.1 Å². The average Bonchev–Trinajstić information content (AvgIpc) is 2.50. The SMILES string of the molecule is CCN(CC)C(=O)Nc1cc(O[C@@H](C)C(F)(F)F)c(C(=O)O)cc1F. The summed E-state index contributed by atoms with van der Waals surface area (Å²) >= 11 is 0. The molecule has 2 amide bonds. The summed E-state index contributed by atoms with van der Waals surface area (Å²) in [6.07, 6.45) is -7.06. The van der Waals surface area contributed by atoms with Crippen LogP contribution in [0.2, 0.25) is 0 Å². The van der Waals surface area contributed by atoms with Crippen molar-refractivity contribution < 1.29 is 37.0 Å². The Hall–Kier alpha value is -2.52. The van der Waals surface area contributed by atoms with Gasteiger partial charge in [0.2, 0.25) is 0 Å². The molecule has 1 rings (SSSR count). The molecular weight excluding hydrogens is 348 g/mol. The minimum Gasteiger partial charge on any atom is -0.480 e. The first-order valence-corrected chi connectivity index (χ1v) is 7.37. The van der Waals surface area contributed by atoms with Gasteiger partial charge >= 0.3 is 18.2 Å². The predicted molar refractivity (Wildman–Crippen MR) is 81.4 cm³/mol. The molecule has 0 aliphatic rings. The number of hydrogen-bond donors (Lipinski definition) is 2. The van der Waals surface area contributed by atoms with Gasteiger partial charge in [0.05, 0.1) is 5.69 Å². The molecule has 0 fully saturated rings. The molecule has 0 aromatic heterocycles. The zero-order chi connectivity index (χ0) is 19.4. The molecule has 0 heterocycles. The lowest BCUT2D eigenvalue weighted by atomic mass is 10.1. The van der Waals surface area contributed by atoms with E-state index in [-0.39, 0.29) is 0 Å². The fourth-order valence-corrected chi connectivity index (χ4v) is 1.88. The summed E-state index contributed by atoms with van der Waals surface area (Å²) < 4.78 is 56.5. The fraction of sp³-hybridized carbons (Fsp3) is 0.467. The molecule has 0 radical (unpaired) electrons. The molecule has 0 aliphatic heterocycles. The molecule has 140 valence electrons. The number of halogens is 4. The second-order valence-electron chi connectivity index (χ2n) is 5.04. The number of carbonyl (C=O) groups is 2. The van der Waals surface area contributed by atoms with Gasteiger partial charge in [0, 0.05) is 19.2 Å². The number of aromatic carboxylic acids is 1. The van der Waals surface area contributed by atoms with Gasteiger partial charge in [-0.05, 0) is 26.8 Å². The first-order valence-electron chi connectivity index (χ1n) is 7.37. The van der Waals surface area contributed by atoms with Gasteiger partial charge in [0.25, 0.3) is 0 Å². The number of nitrogens with one attached hydrogen (secondary N) is 1. The topological polar surface area (TPSA) is 78.9 Å². The number of rotatable bonds is 6. The Morgan fingerprint density at radius 3 is 2.28 bits per heavy atom. The summed E-state index contributed by atoms with van der Waals surface area (Å²) in [7, 11) is 0. The van der Waals surface area contributed by atoms with E-state index in [1.54, 1.807) is 13.8 Å². The number of nitrogens with zero attached hydrogens (tertiary/aromatic N) is 1. The molecule has 2 N–H and O–H groups in total. The van der Waals surface area contributed by atoms with Crippen molar-refractivity contribution in [2.75, 3.05) is 18.4 Å². The highest BCUT2D eigenvalue weighted by Gasteiger charge is 2.38. The number of alkyl halides is 3. The van der Waals surface area contributed by atoms with E-state index in [1.165, 1.54) is 4.90 Å². The van der Waals surface area contributed by atoms with Crippen molar-refractivity contribution in [3.63, 3.8) is 0 Å². The molecular formula is C15H18F4N2O4. The number of anilines is 1. The van der Waals surface area contributed by atoms with Crippen LogP contribution in [0, 0.1) is 5.82 Å². The average molecular weight is 366 g/mol. The largest absolute Gasteiger partial charge is 0.480 e. The van der Waals surface area contributed by atoms with Gasteiger partial charge in [-0.15, -0.1) is 0 Å². The van der Waals surface area contributed by atoms with Crippen LogP contribution in [0.5, 0.6) is 5.75 Å². The number of benzene rings is 1. The van der Waals surface area contributed by atoms with Gasteiger partial charge in [0.15, 0.2) is 6.10 Å². The summed E-state index contributed by atoms with van der Waals surface area (Å²) in [5, 5.41) is 11.2. The first kappa shape index (κ1) is 20.5. The van der Waals surface area contributed by atoms with Gasteiger partial charge in [0.1, 0.15) is 17.1 Å². The Kier molecular flexibility index (Phi) is 6.60. The zero-order valence-corrected chi connectivity index (χ0v) is 13.8. The zero-order valence-electron chi connectivity index (χ0n) is 13.8. The summed E-state index contributed by atoms with van der Waals surface area (Å²) in [4.78, 5) is 24.4. The van der Waals surface area contributed by atoms with E-state index in [0.717, 1.165) is 6.07 Å².